The monoisotopic (exact) mass is 428 g/mol. The van der Waals surface area contributed by atoms with Crippen molar-refractivity contribution in [2.75, 3.05) is 5.32 Å². The highest BCUT2D eigenvalue weighted by Crippen LogP contribution is 2.36. The molecule has 3 aromatic rings. The Morgan fingerprint density at radius 2 is 1.81 bits per heavy atom. The fourth-order valence-electron chi connectivity index (χ4n) is 2.37. The zero-order valence-corrected chi connectivity index (χ0v) is 16.4. The molecular formula is C18H12Cl4N2O2. The number of aryl methyl sites for hydroxylation is 1. The summed E-state index contributed by atoms with van der Waals surface area (Å²) in [5.41, 5.74) is 3.26. The molecular weight excluding hydrogens is 418 g/mol. The highest BCUT2D eigenvalue weighted by atomic mass is 35.5. The number of hydrogen-bond acceptors (Lipinski definition) is 3. The van der Waals surface area contributed by atoms with Crippen LogP contribution in [0.25, 0.3) is 22.6 Å². The highest BCUT2D eigenvalue weighted by Gasteiger charge is 2.16. The molecule has 2 aromatic carbocycles. The maximum Gasteiger partial charge on any atom is 0.257 e. The predicted molar refractivity (Wildman–Crippen MR) is 106 cm³/mol. The summed E-state index contributed by atoms with van der Waals surface area (Å²) in [6.45, 7) is 1.85. The van der Waals surface area contributed by atoms with Crippen LogP contribution in [0.2, 0.25) is 10.0 Å². The lowest BCUT2D eigenvalue weighted by atomic mass is 10.1. The van der Waals surface area contributed by atoms with Gasteiger partial charge in [0.1, 0.15) is 5.69 Å². The van der Waals surface area contributed by atoms with E-state index in [1.165, 1.54) is 0 Å². The standard InChI is InChI=1S/C18H12Cl4N2O2/c1-9-5-6-10(7-13(9)23-18(25)17(21)22)15-8-14(24-26-15)16-11(19)3-2-4-12(16)20/h2-8,17H,1H3,(H,23,25). The Morgan fingerprint density at radius 1 is 1.12 bits per heavy atom. The molecule has 4 nitrogen and oxygen atoms in total. The largest absolute Gasteiger partial charge is 0.356 e. The summed E-state index contributed by atoms with van der Waals surface area (Å²) in [5.74, 6) is -0.00512. The SMILES string of the molecule is Cc1ccc(-c2cc(-c3c(Cl)cccc3Cl)no2)cc1NC(=O)C(Cl)Cl. The molecule has 1 amide bonds. The van der Waals surface area contributed by atoms with Gasteiger partial charge < -0.3 is 9.84 Å². The Hall–Kier alpha value is -1.72. The molecule has 26 heavy (non-hydrogen) atoms. The molecule has 0 atom stereocenters. The van der Waals surface area contributed by atoms with Crippen molar-refractivity contribution >= 4 is 58.0 Å². The molecule has 0 radical (unpaired) electrons. The van der Waals surface area contributed by atoms with Crippen molar-refractivity contribution in [1.29, 1.82) is 0 Å². The number of nitrogens with zero attached hydrogens (tertiary/aromatic N) is 1. The van der Waals surface area contributed by atoms with Crippen molar-refractivity contribution in [3.8, 4) is 22.6 Å². The minimum Gasteiger partial charge on any atom is -0.356 e. The average molecular weight is 430 g/mol. The lowest BCUT2D eigenvalue weighted by molar-refractivity contribution is -0.114. The third kappa shape index (κ3) is 3.99. The molecule has 0 aliphatic carbocycles. The molecule has 0 unspecified atom stereocenters. The maximum atomic E-state index is 11.7. The van der Waals surface area contributed by atoms with Crippen LogP contribution >= 0.6 is 46.4 Å². The summed E-state index contributed by atoms with van der Waals surface area (Å²) in [4.78, 5) is 10.6. The summed E-state index contributed by atoms with van der Waals surface area (Å²) < 4.78 is 5.43. The Balaban J connectivity index is 1.96. The predicted octanol–water partition coefficient (Wildman–Crippen LogP) is 6.37. The number of amides is 1. The summed E-state index contributed by atoms with van der Waals surface area (Å²) in [5, 5.41) is 7.67. The van der Waals surface area contributed by atoms with Crippen LogP contribution in [0.5, 0.6) is 0 Å². The van der Waals surface area contributed by atoms with Crippen LogP contribution in [0.3, 0.4) is 0 Å². The van der Waals surface area contributed by atoms with Gasteiger partial charge in [-0.15, -0.1) is 0 Å². The number of hydrogen-bond donors (Lipinski definition) is 1. The molecule has 3 rings (SSSR count). The van der Waals surface area contributed by atoms with E-state index in [2.05, 4.69) is 10.5 Å². The van der Waals surface area contributed by atoms with Crippen molar-refractivity contribution in [1.82, 2.24) is 5.16 Å². The molecule has 0 spiro atoms. The van der Waals surface area contributed by atoms with Crippen LogP contribution in [0.4, 0.5) is 5.69 Å². The van der Waals surface area contributed by atoms with Gasteiger partial charge in [-0.2, -0.15) is 0 Å². The summed E-state index contributed by atoms with van der Waals surface area (Å²) in [7, 11) is 0. The number of aromatic nitrogens is 1. The molecule has 0 saturated heterocycles. The zero-order chi connectivity index (χ0) is 18.8. The molecule has 134 valence electrons. The lowest BCUT2D eigenvalue weighted by Gasteiger charge is -2.10. The van der Waals surface area contributed by atoms with Crippen LogP contribution in [-0.2, 0) is 4.79 Å². The lowest BCUT2D eigenvalue weighted by Crippen LogP contribution is -2.19. The highest BCUT2D eigenvalue weighted by molar-refractivity contribution is 6.54. The number of halogens is 4. The van der Waals surface area contributed by atoms with Crippen molar-refractivity contribution in [2.45, 2.75) is 11.8 Å². The van der Waals surface area contributed by atoms with E-state index >= 15 is 0 Å². The molecule has 1 aromatic heterocycles. The van der Waals surface area contributed by atoms with E-state index in [4.69, 9.17) is 50.9 Å². The number of rotatable bonds is 4. The summed E-state index contributed by atoms with van der Waals surface area (Å²) in [6.07, 6.45) is 0. The molecule has 0 bridgehead atoms. The van der Waals surface area contributed by atoms with Gasteiger partial charge in [-0.25, -0.2) is 0 Å². The molecule has 1 heterocycles. The van der Waals surface area contributed by atoms with Gasteiger partial charge in [0.05, 0.1) is 10.0 Å². The van der Waals surface area contributed by atoms with Crippen LogP contribution in [0.1, 0.15) is 5.56 Å². The first-order valence-electron chi connectivity index (χ1n) is 7.48. The van der Waals surface area contributed by atoms with E-state index in [-0.39, 0.29) is 0 Å². The van der Waals surface area contributed by atoms with Crippen molar-refractivity contribution < 1.29 is 9.32 Å². The average Bonchev–Trinajstić information content (AvgIpc) is 3.06. The first kappa shape index (κ1) is 19.1. The van der Waals surface area contributed by atoms with Crippen LogP contribution in [0, 0.1) is 6.92 Å². The molecule has 1 N–H and O–H groups in total. The third-order valence-corrected chi connectivity index (χ3v) is 4.73. The Morgan fingerprint density at radius 3 is 2.46 bits per heavy atom. The Labute approximate surface area is 170 Å². The van der Waals surface area contributed by atoms with E-state index < -0.39 is 10.7 Å². The molecule has 0 aliphatic heterocycles. The second-order valence-corrected chi connectivity index (χ2v) is 7.40. The summed E-state index contributed by atoms with van der Waals surface area (Å²) >= 11 is 23.6. The first-order chi connectivity index (χ1) is 12.4. The summed E-state index contributed by atoms with van der Waals surface area (Å²) in [6, 6.07) is 12.4. The first-order valence-corrected chi connectivity index (χ1v) is 9.11. The third-order valence-electron chi connectivity index (χ3n) is 3.71. The smallest absolute Gasteiger partial charge is 0.257 e. The van der Waals surface area contributed by atoms with Crippen LogP contribution in [-0.4, -0.2) is 15.9 Å². The van der Waals surface area contributed by atoms with E-state index in [1.807, 2.05) is 19.1 Å². The van der Waals surface area contributed by atoms with E-state index in [0.717, 1.165) is 5.56 Å². The minimum absolute atomic E-state index is 0.476. The van der Waals surface area contributed by atoms with E-state index in [9.17, 15) is 4.79 Å². The van der Waals surface area contributed by atoms with Gasteiger partial charge in [-0.1, -0.05) is 69.8 Å². The Kier molecular flexibility index (Phi) is 5.78. The van der Waals surface area contributed by atoms with E-state index in [0.29, 0.717) is 38.3 Å². The normalized spacial score (nSPS) is 11.0. The topological polar surface area (TPSA) is 55.1 Å². The van der Waals surface area contributed by atoms with Gasteiger partial charge >= 0.3 is 0 Å². The fraction of sp³-hybridized carbons (Fsp3) is 0.111. The van der Waals surface area contributed by atoms with E-state index in [1.54, 1.807) is 30.3 Å². The number of benzene rings is 2. The number of carbonyl (C=O) groups excluding carboxylic acids is 1. The number of alkyl halides is 2. The second-order valence-electron chi connectivity index (χ2n) is 5.49. The molecule has 8 heteroatoms. The van der Waals surface area contributed by atoms with Gasteiger partial charge in [-0.05, 0) is 30.7 Å². The fourth-order valence-corrected chi connectivity index (χ4v) is 3.07. The number of carbonyl (C=O) groups is 1. The molecule has 0 aliphatic rings. The number of nitrogens with one attached hydrogen (secondary N) is 1. The maximum absolute atomic E-state index is 11.7. The second kappa shape index (κ2) is 7.89. The van der Waals surface area contributed by atoms with Gasteiger partial charge in [0.25, 0.3) is 5.91 Å². The van der Waals surface area contributed by atoms with Crippen molar-refractivity contribution in [2.24, 2.45) is 0 Å². The van der Waals surface area contributed by atoms with Gasteiger partial charge in [0.2, 0.25) is 0 Å². The minimum atomic E-state index is -1.16. The van der Waals surface area contributed by atoms with Gasteiger partial charge in [-0.3, -0.25) is 4.79 Å². The Bertz CT molecular complexity index is 949. The van der Waals surface area contributed by atoms with Gasteiger partial charge in [0, 0.05) is 22.9 Å². The molecule has 0 saturated carbocycles. The van der Waals surface area contributed by atoms with Crippen LogP contribution < -0.4 is 5.32 Å². The molecule has 0 fully saturated rings. The van der Waals surface area contributed by atoms with Gasteiger partial charge in [0.15, 0.2) is 10.6 Å². The van der Waals surface area contributed by atoms with Crippen molar-refractivity contribution in [3.05, 3.63) is 58.1 Å². The quantitative estimate of drug-likeness (QED) is 0.490. The van der Waals surface area contributed by atoms with Crippen LogP contribution in [0.15, 0.2) is 47.0 Å². The number of anilines is 1. The van der Waals surface area contributed by atoms with Crippen molar-refractivity contribution in [3.63, 3.8) is 0 Å². The zero-order valence-electron chi connectivity index (χ0n) is 13.4.